The zero-order valence-electron chi connectivity index (χ0n) is 13.6. The Balaban J connectivity index is 1.57. The Labute approximate surface area is 154 Å². The average molecular weight is 435 g/mol. The van der Waals surface area contributed by atoms with Gasteiger partial charge in [0.05, 0.1) is 0 Å². The molecule has 0 aliphatic carbocycles. The van der Waals surface area contributed by atoms with E-state index in [2.05, 4.69) is 47.8 Å². The second-order valence-electron chi connectivity index (χ2n) is 6.51. The van der Waals surface area contributed by atoms with Gasteiger partial charge in [0.1, 0.15) is 0 Å². The monoisotopic (exact) mass is 435 g/mol. The molecule has 2 aromatic rings. The zero-order valence-corrected chi connectivity index (χ0v) is 17.7. The number of benzene rings is 2. The minimum atomic E-state index is -1.97. The van der Waals surface area contributed by atoms with Gasteiger partial charge < -0.3 is 0 Å². The molecule has 0 spiro atoms. The van der Waals surface area contributed by atoms with Gasteiger partial charge in [-0.05, 0) is 0 Å². The quantitative estimate of drug-likeness (QED) is 0.801. The van der Waals surface area contributed by atoms with Gasteiger partial charge in [0, 0.05) is 0 Å². The van der Waals surface area contributed by atoms with Crippen molar-refractivity contribution in [3.8, 4) is 5.75 Å². The van der Waals surface area contributed by atoms with Gasteiger partial charge in [0.15, 0.2) is 0 Å². The molecule has 4 heterocycles. The van der Waals surface area contributed by atoms with Gasteiger partial charge in [-0.3, -0.25) is 0 Å². The molecular weight excluding hydrogens is 417 g/mol. The van der Waals surface area contributed by atoms with Gasteiger partial charge in [0.25, 0.3) is 0 Å². The number of nitrogens with one attached hydrogen (secondary N) is 1. The third kappa shape index (κ3) is 2.19. The Kier molecular flexibility index (Phi) is 3.71. The SMILES string of the molecule is COc1cccc(C[C]2=C3/[C](=C4\CSCN4)[In]2[c]2ccccc23)c1. The molecule has 6 rings (SSSR count). The molecule has 1 saturated heterocycles. The summed E-state index contributed by atoms with van der Waals surface area (Å²) in [4.78, 5) is 0. The maximum atomic E-state index is 5.40. The second-order valence-corrected chi connectivity index (χ2v) is 15.4. The van der Waals surface area contributed by atoms with Crippen molar-refractivity contribution in [3.63, 3.8) is 0 Å². The van der Waals surface area contributed by atoms with E-state index in [-0.39, 0.29) is 0 Å². The van der Waals surface area contributed by atoms with Crippen molar-refractivity contribution in [1.82, 2.24) is 5.32 Å². The fourth-order valence-corrected chi connectivity index (χ4v) is 16.5. The van der Waals surface area contributed by atoms with Crippen LogP contribution in [0.2, 0.25) is 0 Å². The molecule has 2 nitrogen and oxygen atoms in total. The standard InChI is InChI=1S/C20H18NOS.In/c1-22-20-9-5-6-16(12-20)10-11-18(13-19-14-23-15-21-19)17-7-3-2-4-8-17;/h2-7,9,12,21H,10,14-15H2,1H3;. The number of methoxy groups -OCH3 is 1. The van der Waals surface area contributed by atoms with E-state index in [1.165, 1.54) is 16.9 Å². The molecule has 4 aliphatic heterocycles. The van der Waals surface area contributed by atoms with Gasteiger partial charge in [0.2, 0.25) is 0 Å². The summed E-state index contributed by atoms with van der Waals surface area (Å²) in [6, 6.07) is 17.7. The van der Waals surface area contributed by atoms with Crippen LogP contribution in [-0.4, -0.2) is 40.2 Å². The fraction of sp³-hybridized carbons (Fsp3) is 0.200. The summed E-state index contributed by atoms with van der Waals surface area (Å²) in [6.07, 6.45) is 1.10. The maximum absolute atomic E-state index is 5.40. The normalized spacial score (nSPS) is 20.8. The molecule has 1 N–H and O–H groups in total. The average Bonchev–Trinajstić information content (AvgIpc) is 3.31. The van der Waals surface area contributed by atoms with Gasteiger partial charge in [-0.1, -0.05) is 0 Å². The Morgan fingerprint density at radius 2 is 2.08 bits per heavy atom. The minimum absolute atomic E-state index is 0.963. The first kappa shape index (κ1) is 15.0. The van der Waals surface area contributed by atoms with Crippen LogP contribution in [0.25, 0.3) is 5.57 Å². The van der Waals surface area contributed by atoms with Crippen molar-refractivity contribution < 1.29 is 4.74 Å². The summed E-state index contributed by atoms with van der Waals surface area (Å²) < 4.78 is 10.7. The third-order valence-corrected chi connectivity index (χ3v) is 16.2. The van der Waals surface area contributed by atoms with Crippen molar-refractivity contribution in [3.05, 3.63) is 72.0 Å². The van der Waals surface area contributed by atoms with Crippen LogP contribution in [0.15, 0.2) is 60.9 Å². The molecule has 0 aromatic heterocycles. The summed E-state index contributed by atoms with van der Waals surface area (Å²) >= 11 is 0.0342. The van der Waals surface area contributed by atoms with E-state index in [1.54, 1.807) is 28.4 Å². The molecular formula is C20H18InNOS. The summed E-state index contributed by atoms with van der Waals surface area (Å²) in [7, 11) is 1.75. The molecule has 4 aliphatic rings. The van der Waals surface area contributed by atoms with Crippen LogP contribution in [0.1, 0.15) is 11.1 Å². The van der Waals surface area contributed by atoms with Crippen molar-refractivity contribution in [2.45, 2.75) is 6.42 Å². The fourth-order valence-electron chi connectivity index (χ4n) is 4.23. The number of hydrogen-bond donors (Lipinski definition) is 1. The molecule has 118 valence electrons. The molecule has 0 unspecified atom stereocenters. The number of rotatable bonds is 3. The van der Waals surface area contributed by atoms with Gasteiger partial charge >= 0.3 is 155 Å². The molecule has 2 aromatic carbocycles. The Hall–Kier alpha value is -1.26. The first-order valence-electron chi connectivity index (χ1n) is 8.37. The predicted molar refractivity (Wildman–Crippen MR) is 103 cm³/mol. The first-order valence-corrected chi connectivity index (χ1v) is 14.5. The number of thioether (sulfide) groups is 1. The van der Waals surface area contributed by atoms with Crippen LogP contribution in [-0.2, 0) is 6.42 Å². The van der Waals surface area contributed by atoms with Crippen LogP contribution in [0, 0.1) is 0 Å². The van der Waals surface area contributed by atoms with Gasteiger partial charge in [-0.25, -0.2) is 0 Å². The number of ether oxygens (including phenoxy) is 1. The Morgan fingerprint density at radius 1 is 1.17 bits per heavy atom. The van der Waals surface area contributed by atoms with E-state index in [0.717, 1.165) is 18.0 Å². The van der Waals surface area contributed by atoms with Crippen molar-refractivity contribution in [2.24, 2.45) is 0 Å². The third-order valence-electron chi connectivity index (χ3n) is 5.26. The summed E-state index contributed by atoms with van der Waals surface area (Å²) in [5.74, 6) is 3.21. The molecule has 1 fully saturated rings. The molecule has 4 heteroatoms. The van der Waals surface area contributed by atoms with Gasteiger partial charge in [-0.15, -0.1) is 0 Å². The summed E-state index contributed by atoms with van der Waals surface area (Å²) in [6.45, 7) is 0. The topological polar surface area (TPSA) is 21.3 Å². The van der Waals surface area contributed by atoms with Crippen LogP contribution < -0.4 is 13.4 Å². The first-order chi connectivity index (χ1) is 11.9. The molecule has 24 heavy (non-hydrogen) atoms. The number of hydrogen-bond acceptors (Lipinski definition) is 3. The zero-order chi connectivity index (χ0) is 16.1. The van der Waals surface area contributed by atoms with E-state index in [1.807, 2.05) is 17.8 Å². The molecule has 0 atom stereocenters. The van der Waals surface area contributed by atoms with Crippen molar-refractivity contribution in [2.75, 3.05) is 18.7 Å². The molecule has 0 amide bonds. The van der Waals surface area contributed by atoms with Gasteiger partial charge in [-0.2, -0.15) is 0 Å². The van der Waals surface area contributed by atoms with E-state index in [4.69, 9.17) is 4.74 Å². The van der Waals surface area contributed by atoms with E-state index < -0.39 is 21.4 Å². The molecule has 2 bridgehead atoms. The Morgan fingerprint density at radius 3 is 2.88 bits per heavy atom. The van der Waals surface area contributed by atoms with Crippen LogP contribution in [0.4, 0.5) is 0 Å². The molecule has 0 saturated carbocycles. The molecule has 0 radical (unpaired) electrons. The summed E-state index contributed by atoms with van der Waals surface area (Å²) in [5, 5.41) is 3.64. The second kappa shape index (κ2) is 5.92. The van der Waals surface area contributed by atoms with Crippen molar-refractivity contribution >= 4 is 42.1 Å². The number of allylic oxidation sites excluding steroid dienone is 3. The van der Waals surface area contributed by atoms with Crippen LogP contribution >= 0.6 is 11.8 Å². The van der Waals surface area contributed by atoms with Crippen LogP contribution in [0.5, 0.6) is 5.75 Å². The van der Waals surface area contributed by atoms with E-state index in [0.29, 0.717) is 0 Å². The van der Waals surface area contributed by atoms with E-state index in [9.17, 15) is 0 Å². The predicted octanol–water partition coefficient (Wildman–Crippen LogP) is 3.05. The Bertz CT molecular complexity index is 894. The summed E-state index contributed by atoms with van der Waals surface area (Å²) in [5.41, 5.74) is 6.06. The van der Waals surface area contributed by atoms with Crippen LogP contribution in [0.3, 0.4) is 0 Å². The van der Waals surface area contributed by atoms with Crippen molar-refractivity contribution in [1.29, 1.82) is 0 Å². The van der Waals surface area contributed by atoms with E-state index >= 15 is 0 Å².